The van der Waals surface area contributed by atoms with Crippen molar-refractivity contribution in [2.24, 2.45) is 0 Å². The molecule has 1 atom stereocenters. The third-order valence-electron chi connectivity index (χ3n) is 3.55. The molecule has 1 aromatic rings. The molecule has 0 radical (unpaired) electrons. The lowest BCUT2D eigenvalue weighted by atomic mass is 10.2. The Bertz CT molecular complexity index is 428. The molecule has 0 bridgehead atoms. The molecule has 1 aliphatic carbocycles. The third kappa shape index (κ3) is 2.19. The van der Waals surface area contributed by atoms with Gasteiger partial charge in [0.05, 0.1) is 18.1 Å². The van der Waals surface area contributed by atoms with Crippen LogP contribution in [0, 0.1) is 11.3 Å². The smallest absolute Gasteiger partial charge is 0.111 e. The summed E-state index contributed by atoms with van der Waals surface area (Å²) in [5.74, 6) is 0. The van der Waals surface area contributed by atoms with Gasteiger partial charge in [-0.05, 0) is 12.8 Å². The molecule has 1 unspecified atom stereocenters. The van der Waals surface area contributed by atoms with E-state index >= 15 is 0 Å². The first-order valence-electron chi connectivity index (χ1n) is 6.23. The van der Waals surface area contributed by atoms with Gasteiger partial charge in [-0.3, -0.25) is 4.90 Å². The van der Waals surface area contributed by atoms with Crippen molar-refractivity contribution in [3.8, 4) is 6.07 Å². The molecule has 17 heavy (non-hydrogen) atoms. The van der Waals surface area contributed by atoms with Crippen molar-refractivity contribution in [2.45, 2.75) is 31.5 Å². The number of piperazine rings is 1. The van der Waals surface area contributed by atoms with Crippen LogP contribution < -0.4 is 5.32 Å². The van der Waals surface area contributed by atoms with Crippen LogP contribution in [-0.2, 0) is 6.54 Å². The van der Waals surface area contributed by atoms with Gasteiger partial charge < -0.3 is 9.88 Å². The number of aromatic nitrogens is 2. The molecule has 5 nitrogen and oxygen atoms in total. The van der Waals surface area contributed by atoms with Crippen LogP contribution in [0.15, 0.2) is 12.5 Å². The van der Waals surface area contributed by atoms with Crippen molar-refractivity contribution in [1.82, 2.24) is 19.8 Å². The molecule has 2 heterocycles. The zero-order chi connectivity index (χ0) is 11.7. The average Bonchev–Trinajstić information content (AvgIpc) is 3.11. The van der Waals surface area contributed by atoms with Gasteiger partial charge in [0.25, 0.3) is 0 Å². The fourth-order valence-corrected chi connectivity index (χ4v) is 2.41. The molecular formula is C12H17N5. The first-order valence-corrected chi connectivity index (χ1v) is 6.23. The average molecular weight is 231 g/mol. The van der Waals surface area contributed by atoms with E-state index in [1.165, 1.54) is 18.5 Å². The summed E-state index contributed by atoms with van der Waals surface area (Å²) in [5.41, 5.74) is 1.25. The maximum absolute atomic E-state index is 9.13. The highest BCUT2D eigenvalue weighted by Crippen LogP contribution is 2.35. The van der Waals surface area contributed by atoms with Crippen LogP contribution in [-0.4, -0.2) is 40.1 Å². The third-order valence-corrected chi connectivity index (χ3v) is 3.55. The fraction of sp³-hybridized carbons (Fsp3) is 0.667. The second-order valence-electron chi connectivity index (χ2n) is 4.84. The van der Waals surface area contributed by atoms with Crippen molar-refractivity contribution in [3.05, 3.63) is 18.2 Å². The second kappa shape index (κ2) is 4.47. The van der Waals surface area contributed by atoms with E-state index in [0.717, 1.165) is 26.2 Å². The molecule has 2 fully saturated rings. The van der Waals surface area contributed by atoms with E-state index in [4.69, 9.17) is 5.26 Å². The standard InChI is InChI=1S/C12H17N5/c13-5-11-6-14-3-4-16(11)8-12-7-15-9-17(12)10-1-2-10/h7,9-11,14H,1-4,6,8H2. The van der Waals surface area contributed by atoms with Gasteiger partial charge in [-0.1, -0.05) is 0 Å². The summed E-state index contributed by atoms with van der Waals surface area (Å²) < 4.78 is 2.27. The Morgan fingerprint density at radius 2 is 2.41 bits per heavy atom. The van der Waals surface area contributed by atoms with Crippen LogP contribution >= 0.6 is 0 Å². The fourth-order valence-electron chi connectivity index (χ4n) is 2.41. The quantitative estimate of drug-likeness (QED) is 0.823. The minimum Gasteiger partial charge on any atom is -0.330 e. The van der Waals surface area contributed by atoms with E-state index in [9.17, 15) is 0 Å². The zero-order valence-electron chi connectivity index (χ0n) is 9.84. The Morgan fingerprint density at radius 1 is 1.53 bits per heavy atom. The summed E-state index contributed by atoms with van der Waals surface area (Å²) in [7, 11) is 0. The maximum atomic E-state index is 9.13. The van der Waals surface area contributed by atoms with Crippen LogP contribution in [0.2, 0.25) is 0 Å². The number of hydrogen-bond acceptors (Lipinski definition) is 4. The highest BCUT2D eigenvalue weighted by Gasteiger charge is 2.27. The molecule has 3 rings (SSSR count). The highest BCUT2D eigenvalue weighted by molar-refractivity contribution is 5.06. The minimum absolute atomic E-state index is 0.00805. The SMILES string of the molecule is N#CC1CNCCN1Cc1cncn1C1CC1. The Kier molecular flexibility index (Phi) is 2.83. The molecule has 90 valence electrons. The molecule has 1 saturated heterocycles. The van der Waals surface area contributed by atoms with Crippen molar-refractivity contribution >= 4 is 0 Å². The van der Waals surface area contributed by atoms with Gasteiger partial charge >= 0.3 is 0 Å². The van der Waals surface area contributed by atoms with Crippen LogP contribution in [0.3, 0.4) is 0 Å². The van der Waals surface area contributed by atoms with E-state index in [2.05, 4.69) is 25.8 Å². The molecule has 1 saturated carbocycles. The normalized spacial score (nSPS) is 25.7. The van der Waals surface area contributed by atoms with Crippen LogP contribution in [0.25, 0.3) is 0 Å². The first-order chi connectivity index (χ1) is 8.38. The van der Waals surface area contributed by atoms with Gasteiger partial charge in [0.2, 0.25) is 0 Å². The first kappa shape index (κ1) is 10.8. The number of nitrogens with zero attached hydrogens (tertiary/aromatic N) is 4. The second-order valence-corrected chi connectivity index (χ2v) is 4.84. The molecule has 0 amide bonds. The van der Waals surface area contributed by atoms with E-state index in [0.29, 0.717) is 6.04 Å². The maximum Gasteiger partial charge on any atom is 0.111 e. The summed E-state index contributed by atoms with van der Waals surface area (Å²) in [6.07, 6.45) is 6.41. The summed E-state index contributed by atoms with van der Waals surface area (Å²) >= 11 is 0. The number of nitriles is 1. The topological polar surface area (TPSA) is 56.9 Å². The molecular weight excluding hydrogens is 214 g/mol. The van der Waals surface area contributed by atoms with Crippen LogP contribution in [0.1, 0.15) is 24.6 Å². The van der Waals surface area contributed by atoms with Crippen LogP contribution in [0.4, 0.5) is 0 Å². The molecule has 0 aromatic carbocycles. The molecule has 2 aliphatic rings. The monoisotopic (exact) mass is 231 g/mol. The van der Waals surface area contributed by atoms with Crippen molar-refractivity contribution < 1.29 is 0 Å². The van der Waals surface area contributed by atoms with Crippen LogP contribution in [0.5, 0.6) is 0 Å². The van der Waals surface area contributed by atoms with Crippen molar-refractivity contribution in [2.75, 3.05) is 19.6 Å². The number of rotatable bonds is 3. The largest absolute Gasteiger partial charge is 0.330 e. The lowest BCUT2D eigenvalue weighted by Gasteiger charge is -2.31. The molecule has 1 aliphatic heterocycles. The van der Waals surface area contributed by atoms with Gasteiger partial charge in [0.1, 0.15) is 6.04 Å². The summed E-state index contributed by atoms with van der Waals surface area (Å²) in [6, 6.07) is 3.02. The van der Waals surface area contributed by atoms with Gasteiger partial charge in [0, 0.05) is 38.4 Å². The number of nitrogens with one attached hydrogen (secondary N) is 1. The summed E-state index contributed by atoms with van der Waals surface area (Å²) in [4.78, 5) is 6.48. The Balaban J connectivity index is 1.72. The molecule has 0 spiro atoms. The van der Waals surface area contributed by atoms with Crippen molar-refractivity contribution in [3.63, 3.8) is 0 Å². The molecule has 1 aromatic heterocycles. The lowest BCUT2D eigenvalue weighted by molar-refractivity contribution is 0.185. The van der Waals surface area contributed by atoms with Crippen molar-refractivity contribution in [1.29, 1.82) is 5.26 Å². The predicted molar refractivity (Wildman–Crippen MR) is 63.2 cm³/mol. The van der Waals surface area contributed by atoms with Gasteiger partial charge in [-0.15, -0.1) is 0 Å². The lowest BCUT2D eigenvalue weighted by Crippen LogP contribution is -2.50. The van der Waals surface area contributed by atoms with E-state index in [1.807, 2.05) is 12.5 Å². The molecule has 5 heteroatoms. The van der Waals surface area contributed by atoms with E-state index < -0.39 is 0 Å². The van der Waals surface area contributed by atoms with Gasteiger partial charge in [-0.2, -0.15) is 5.26 Å². The van der Waals surface area contributed by atoms with E-state index in [-0.39, 0.29) is 6.04 Å². The Morgan fingerprint density at radius 3 is 3.18 bits per heavy atom. The Labute approximate surface area is 101 Å². The summed E-state index contributed by atoms with van der Waals surface area (Å²) in [6.45, 7) is 3.52. The van der Waals surface area contributed by atoms with Gasteiger partial charge in [-0.25, -0.2) is 4.98 Å². The highest BCUT2D eigenvalue weighted by atomic mass is 15.2. The Hall–Kier alpha value is -1.38. The zero-order valence-corrected chi connectivity index (χ0v) is 9.84. The van der Waals surface area contributed by atoms with Gasteiger partial charge in [0.15, 0.2) is 0 Å². The van der Waals surface area contributed by atoms with E-state index in [1.54, 1.807) is 0 Å². The minimum atomic E-state index is -0.00805. The summed E-state index contributed by atoms with van der Waals surface area (Å²) in [5, 5.41) is 12.4. The number of imidazole rings is 1. The predicted octanol–water partition coefficient (Wildman–Crippen LogP) is 0.515. The number of hydrogen-bond donors (Lipinski definition) is 1. The molecule has 1 N–H and O–H groups in total.